The lowest BCUT2D eigenvalue weighted by Gasteiger charge is -2.11. The monoisotopic (exact) mass is 257 g/mol. The summed E-state index contributed by atoms with van der Waals surface area (Å²) in [7, 11) is 0. The summed E-state index contributed by atoms with van der Waals surface area (Å²) in [5.74, 6) is -1.15. The summed E-state index contributed by atoms with van der Waals surface area (Å²) in [5, 5.41) is 10.4. The number of hydrogen-bond acceptors (Lipinski definition) is 3. The average Bonchev–Trinajstić information content (AvgIpc) is 2.43. The van der Waals surface area contributed by atoms with Crippen molar-refractivity contribution in [3.8, 4) is 0 Å². The Hall–Kier alpha value is -2.20. The van der Waals surface area contributed by atoms with Crippen LogP contribution < -0.4 is 5.73 Å². The van der Waals surface area contributed by atoms with Gasteiger partial charge in [0.25, 0.3) is 0 Å². The van der Waals surface area contributed by atoms with Crippen LogP contribution in [-0.4, -0.2) is 22.9 Å². The Balaban J connectivity index is 2.28. The first-order valence-corrected chi connectivity index (χ1v) is 6.09. The highest BCUT2D eigenvalue weighted by molar-refractivity contribution is 6.10. The number of nitrogens with two attached hydrogens (primary N) is 1. The van der Waals surface area contributed by atoms with Crippen LogP contribution in [0.3, 0.4) is 0 Å². The van der Waals surface area contributed by atoms with Crippen LogP contribution in [0.25, 0.3) is 10.8 Å². The van der Waals surface area contributed by atoms with Crippen molar-refractivity contribution in [3.63, 3.8) is 0 Å². The molecule has 2 aromatic carbocycles. The summed E-state index contributed by atoms with van der Waals surface area (Å²) < 4.78 is 0. The standard InChI is InChI=1S/C15H15NO3/c16-13(8-9-14(17)18)15(19)12-7-3-5-10-4-1-2-6-11(10)12/h1-7,13H,8-9,16H2,(H,17,18). The molecule has 4 nitrogen and oxygen atoms in total. The van der Waals surface area contributed by atoms with E-state index in [1.165, 1.54) is 0 Å². The maximum Gasteiger partial charge on any atom is 0.303 e. The third kappa shape index (κ3) is 2.98. The number of carboxylic acids is 1. The van der Waals surface area contributed by atoms with Gasteiger partial charge in [0, 0.05) is 12.0 Å². The van der Waals surface area contributed by atoms with Gasteiger partial charge in [-0.2, -0.15) is 0 Å². The molecule has 98 valence electrons. The van der Waals surface area contributed by atoms with Gasteiger partial charge in [-0.25, -0.2) is 0 Å². The Labute approximate surface area is 110 Å². The molecule has 2 rings (SSSR count). The molecule has 0 aliphatic rings. The molecule has 0 spiro atoms. The number of ketones is 1. The van der Waals surface area contributed by atoms with Crippen molar-refractivity contribution in [1.29, 1.82) is 0 Å². The SMILES string of the molecule is NC(CCC(=O)O)C(=O)c1cccc2ccccc12. The van der Waals surface area contributed by atoms with Crippen molar-refractivity contribution in [1.82, 2.24) is 0 Å². The van der Waals surface area contributed by atoms with Gasteiger partial charge >= 0.3 is 5.97 Å². The number of carbonyl (C=O) groups is 2. The summed E-state index contributed by atoms with van der Waals surface area (Å²) in [5.41, 5.74) is 6.33. The van der Waals surface area contributed by atoms with E-state index < -0.39 is 12.0 Å². The van der Waals surface area contributed by atoms with Gasteiger partial charge in [-0.3, -0.25) is 9.59 Å². The molecule has 0 fully saturated rings. The number of benzene rings is 2. The van der Waals surface area contributed by atoms with Crippen LogP contribution in [-0.2, 0) is 4.79 Å². The molecule has 0 aliphatic carbocycles. The highest BCUT2D eigenvalue weighted by Crippen LogP contribution is 2.20. The van der Waals surface area contributed by atoms with Crippen LogP contribution in [0.2, 0.25) is 0 Å². The van der Waals surface area contributed by atoms with Crippen LogP contribution in [0.4, 0.5) is 0 Å². The average molecular weight is 257 g/mol. The third-order valence-electron chi connectivity index (χ3n) is 3.06. The maximum atomic E-state index is 12.3. The predicted molar refractivity (Wildman–Crippen MR) is 73.1 cm³/mol. The fourth-order valence-corrected chi connectivity index (χ4v) is 2.05. The van der Waals surface area contributed by atoms with Gasteiger partial charge in [-0.1, -0.05) is 42.5 Å². The van der Waals surface area contributed by atoms with E-state index in [-0.39, 0.29) is 18.6 Å². The van der Waals surface area contributed by atoms with Crippen LogP contribution in [0.15, 0.2) is 42.5 Å². The summed E-state index contributed by atoms with van der Waals surface area (Å²) in [4.78, 5) is 22.8. The fourth-order valence-electron chi connectivity index (χ4n) is 2.05. The van der Waals surface area contributed by atoms with Gasteiger partial charge in [-0.05, 0) is 17.2 Å². The lowest BCUT2D eigenvalue weighted by molar-refractivity contribution is -0.137. The summed E-state index contributed by atoms with van der Waals surface area (Å²) in [6, 6.07) is 12.2. The first-order chi connectivity index (χ1) is 9.09. The van der Waals surface area contributed by atoms with Crippen LogP contribution >= 0.6 is 0 Å². The molecular weight excluding hydrogens is 242 g/mol. The number of aliphatic carboxylic acids is 1. The molecule has 0 bridgehead atoms. The Kier molecular flexibility index (Phi) is 3.92. The molecule has 0 aromatic heterocycles. The highest BCUT2D eigenvalue weighted by atomic mass is 16.4. The second-order valence-corrected chi connectivity index (χ2v) is 4.43. The van der Waals surface area contributed by atoms with Crippen molar-refractivity contribution >= 4 is 22.5 Å². The van der Waals surface area contributed by atoms with E-state index >= 15 is 0 Å². The molecule has 3 N–H and O–H groups in total. The van der Waals surface area contributed by atoms with E-state index in [9.17, 15) is 9.59 Å². The molecule has 1 atom stereocenters. The fraction of sp³-hybridized carbons (Fsp3) is 0.200. The number of rotatable bonds is 5. The van der Waals surface area contributed by atoms with Gasteiger partial charge in [-0.15, -0.1) is 0 Å². The van der Waals surface area contributed by atoms with E-state index in [4.69, 9.17) is 10.8 Å². The molecule has 0 aliphatic heterocycles. The second-order valence-electron chi connectivity index (χ2n) is 4.43. The lowest BCUT2D eigenvalue weighted by atomic mass is 9.96. The minimum atomic E-state index is -0.943. The number of Topliss-reactive ketones (excluding diaryl/α,β-unsaturated/α-hetero) is 1. The Morgan fingerprint density at radius 1 is 1.11 bits per heavy atom. The first-order valence-electron chi connectivity index (χ1n) is 6.09. The zero-order chi connectivity index (χ0) is 13.8. The highest BCUT2D eigenvalue weighted by Gasteiger charge is 2.18. The smallest absolute Gasteiger partial charge is 0.303 e. The lowest BCUT2D eigenvalue weighted by Crippen LogP contribution is -2.31. The zero-order valence-corrected chi connectivity index (χ0v) is 10.4. The van der Waals surface area contributed by atoms with Crippen LogP contribution in [0.1, 0.15) is 23.2 Å². The zero-order valence-electron chi connectivity index (χ0n) is 10.4. The quantitative estimate of drug-likeness (QED) is 0.805. The van der Waals surface area contributed by atoms with E-state index in [1.54, 1.807) is 12.1 Å². The molecule has 0 amide bonds. The number of fused-ring (bicyclic) bond motifs is 1. The molecule has 2 aromatic rings. The predicted octanol–water partition coefficient (Wildman–Crippen LogP) is 2.21. The molecule has 0 saturated heterocycles. The summed E-state index contributed by atoms with van der Waals surface area (Å²) >= 11 is 0. The van der Waals surface area contributed by atoms with Crippen molar-refractivity contribution in [2.24, 2.45) is 5.73 Å². The number of hydrogen-bond donors (Lipinski definition) is 2. The third-order valence-corrected chi connectivity index (χ3v) is 3.06. The van der Waals surface area contributed by atoms with Gasteiger partial charge in [0.1, 0.15) is 0 Å². The van der Waals surface area contributed by atoms with Crippen LogP contribution in [0, 0.1) is 0 Å². The van der Waals surface area contributed by atoms with E-state index in [1.807, 2.05) is 30.3 Å². The molecule has 4 heteroatoms. The molecule has 0 heterocycles. The molecule has 1 unspecified atom stereocenters. The normalized spacial score (nSPS) is 12.3. The van der Waals surface area contributed by atoms with Crippen molar-refractivity contribution < 1.29 is 14.7 Å². The Bertz CT molecular complexity index is 616. The van der Waals surface area contributed by atoms with Gasteiger partial charge in [0.15, 0.2) is 5.78 Å². The topological polar surface area (TPSA) is 80.4 Å². The van der Waals surface area contributed by atoms with E-state index in [0.717, 1.165) is 10.8 Å². The van der Waals surface area contributed by atoms with Gasteiger partial charge < -0.3 is 10.8 Å². The van der Waals surface area contributed by atoms with Gasteiger partial charge in [0.05, 0.1) is 6.04 Å². The van der Waals surface area contributed by atoms with E-state index in [2.05, 4.69) is 0 Å². The minimum Gasteiger partial charge on any atom is -0.481 e. The molecule has 0 radical (unpaired) electrons. The summed E-state index contributed by atoms with van der Waals surface area (Å²) in [6.45, 7) is 0. The molecular formula is C15H15NO3. The van der Waals surface area contributed by atoms with Crippen LogP contribution in [0.5, 0.6) is 0 Å². The molecule has 19 heavy (non-hydrogen) atoms. The minimum absolute atomic E-state index is 0.0995. The van der Waals surface area contributed by atoms with E-state index in [0.29, 0.717) is 5.56 Å². The maximum absolute atomic E-state index is 12.3. The number of carboxylic acid groups (broad SMARTS) is 1. The molecule has 0 saturated carbocycles. The second kappa shape index (κ2) is 5.63. The van der Waals surface area contributed by atoms with Crippen molar-refractivity contribution in [2.75, 3.05) is 0 Å². The first kappa shape index (κ1) is 13.2. The van der Waals surface area contributed by atoms with Crippen molar-refractivity contribution in [2.45, 2.75) is 18.9 Å². The number of carbonyl (C=O) groups excluding carboxylic acids is 1. The van der Waals surface area contributed by atoms with Crippen molar-refractivity contribution in [3.05, 3.63) is 48.0 Å². The van der Waals surface area contributed by atoms with Gasteiger partial charge in [0.2, 0.25) is 0 Å². The Morgan fingerprint density at radius 3 is 2.53 bits per heavy atom. The summed E-state index contributed by atoms with van der Waals surface area (Å²) in [6.07, 6.45) is 0.0507. The Morgan fingerprint density at radius 2 is 1.79 bits per heavy atom. The largest absolute Gasteiger partial charge is 0.481 e.